The predicted molar refractivity (Wildman–Crippen MR) is 78.5 cm³/mol. The van der Waals surface area contributed by atoms with Crippen LogP contribution in [0, 0.1) is 12.8 Å². The molecule has 0 aliphatic rings. The summed E-state index contributed by atoms with van der Waals surface area (Å²) in [6, 6.07) is 6.93. The highest BCUT2D eigenvalue weighted by Gasteiger charge is 2.19. The van der Waals surface area contributed by atoms with E-state index in [1.54, 1.807) is 6.07 Å². The summed E-state index contributed by atoms with van der Waals surface area (Å²) in [5.74, 6) is 0.135. The molecule has 5 heteroatoms. The number of aromatic nitrogens is 2. The standard InChI is InChI=1S/C15H19N3O2/c1-8(2)12(16)13-17-14(19)11(15(20)18-13)10-7-5-4-6-9(10)3/h4-8,12H,16H2,1-3H3,(H2,17,18,19,20). The molecule has 0 saturated heterocycles. The molecule has 1 aromatic heterocycles. The van der Waals surface area contributed by atoms with E-state index in [0.29, 0.717) is 11.4 Å². The lowest BCUT2D eigenvalue weighted by Crippen LogP contribution is -2.24. The van der Waals surface area contributed by atoms with Crippen LogP contribution in [0.1, 0.15) is 31.3 Å². The van der Waals surface area contributed by atoms with Gasteiger partial charge in [0.05, 0.1) is 6.04 Å². The lowest BCUT2D eigenvalue weighted by Gasteiger charge is -2.15. The van der Waals surface area contributed by atoms with Crippen LogP contribution in [0.25, 0.3) is 11.1 Å². The van der Waals surface area contributed by atoms with E-state index >= 15 is 0 Å². The number of hydrogen-bond acceptors (Lipinski definition) is 4. The molecule has 1 unspecified atom stereocenters. The van der Waals surface area contributed by atoms with Crippen LogP contribution in [-0.4, -0.2) is 15.1 Å². The second-order valence-corrected chi connectivity index (χ2v) is 5.23. The number of aryl methyl sites for hydroxylation is 1. The Labute approximate surface area is 117 Å². The monoisotopic (exact) mass is 273 g/mol. The fourth-order valence-corrected chi connectivity index (χ4v) is 2.05. The molecule has 0 fully saturated rings. The van der Waals surface area contributed by atoms with E-state index in [4.69, 9.17) is 5.73 Å². The van der Waals surface area contributed by atoms with Crippen LogP contribution in [0.5, 0.6) is 5.88 Å². The molecular formula is C15H19N3O2. The molecule has 0 amide bonds. The fourth-order valence-electron chi connectivity index (χ4n) is 2.05. The smallest absolute Gasteiger partial charge is 0.262 e. The Balaban J connectivity index is 2.59. The summed E-state index contributed by atoms with van der Waals surface area (Å²) in [4.78, 5) is 18.9. The maximum Gasteiger partial charge on any atom is 0.262 e. The minimum Gasteiger partial charge on any atom is -0.493 e. The van der Waals surface area contributed by atoms with Gasteiger partial charge < -0.3 is 15.8 Å². The summed E-state index contributed by atoms with van der Waals surface area (Å²) in [6.45, 7) is 5.73. The summed E-state index contributed by atoms with van der Waals surface area (Å²) < 4.78 is 0. The van der Waals surface area contributed by atoms with Crippen LogP contribution in [0.15, 0.2) is 29.1 Å². The van der Waals surface area contributed by atoms with Gasteiger partial charge in [-0.2, -0.15) is 4.98 Å². The summed E-state index contributed by atoms with van der Waals surface area (Å²) in [7, 11) is 0. The molecule has 0 spiro atoms. The second kappa shape index (κ2) is 5.46. The van der Waals surface area contributed by atoms with Crippen LogP contribution < -0.4 is 11.3 Å². The normalized spacial score (nSPS) is 12.7. The molecule has 5 nitrogen and oxygen atoms in total. The van der Waals surface area contributed by atoms with Crippen molar-refractivity contribution in [3.63, 3.8) is 0 Å². The fraction of sp³-hybridized carbons (Fsp3) is 0.333. The zero-order valence-corrected chi connectivity index (χ0v) is 11.8. The van der Waals surface area contributed by atoms with E-state index in [1.165, 1.54) is 0 Å². The Morgan fingerprint density at radius 2 is 1.95 bits per heavy atom. The highest BCUT2D eigenvalue weighted by Crippen LogP contribution is 2.27. The topological polar surface area (TPSA) is 92.0 Å². The van der Waals surface area contributed by atoms with Gasteiger partial charge in [-0.3, -0.25) is 4.79 Å². The lowest BCUT2D eigenvalue weighted by molar-refractivity contribution is 0.433. The van der Waals surface area contributed by atoms with Crippen molar-refractivity contribution in [2.45, 2.75) is 26.8 Å². The van der Waals surface area contributed by atoms with Crippen molar-refractivity contribution < 1.29 is 5.11 Å². The molecule has 0 radical (unpaired) electrons. The van der Waals surface area contributed by atoms with Gasteiger partial charge in [-0.05, 0) is 24.0 Å². The van der Waals surface area contributed by atoms with E-state index < -0.39 is 6.04 Å². The number of rotatable bonds is 3. The van der Waals surface area contributed by atoms with Crippen molar-refractivity contribution in [2.24, 2.45) is 11.7 Å². The van der Waals surface area contributed by atoms with E-state index in [-0.39, 0.29) is 22.9 Å². The van der Waals surface area contributed by atoms with Crippen molar-refractivity contribution in [3.8, 4) is 17.0 Å². The number of aromatic hydroxyl groups is 1. The molecule has 1 aromatic carbocycles. The van der Waals surface area contributed by atoms with E-state index in [1.807, 2.05) is 39.0 Å². The van der Waals surface area contributed by atoms with Crippen molar-refractivity contribution in [2.75, 3.05) is 0 Å². The van der Waals surface area contributed by atoms with Crippen LogP contribution in [0.2, 0.25) is 0 Å². The number of nitrogens with two attached hydrogens (primary N) is 1. The zero-order chi connectivity index (χ0) is 14.9. The van der Waals surface area contributed by atoms with Gasteiger partial charge in [-0.1, -0.05) is 38.1 Å². The van der Waals surface area contributed by atoms with Crippen LogP contribution in [0.3, 0.4) is 0 Å². The zero-order valence-electron chi connectivity index (χ0n) is 11.8. The van der Waals surface area contributed by atoms with Gasteiger partial charge >= 0.3 is 0 Å². The number of H-pyrrole nitrogens is 1. The Kier molecular flexibility index (Phi) is 3.90. The number of hydrogen-bond donors (Lipinski definition) is 3. The number of nitrogens with one attached hydrogen (secondary N) is 1. The van der Waals surface area contributed by atoms with Crippen LogP contribution >= 0.6 is 0 Å². The summed E-state index contributed by atoms with van der Waals surface area (Å²) in [6.07, 6.45) is 0. The Morgan fingerprint density at radius 1 is 1.30 bits per heavy atom. The van der Waals surface area contributed by atoms with Crippen molar-refractivity contribution in [1.82, 2.24) is 9.97 Å². The van der Waals surface area contributed by atoms with Crippen LogP contribution in [0.4, 0.5) is 0 Å². The number of aromatic amines is 1. The molecule has 0 aliphatic heterocycles. The third kappa shape index (κ3) is 2.58. The molecule has 2 aromatic rings. The van der Waals surface area contributed by atoms with Gasteiger partial charge in [-0.15, -0.1) is 0 Å². The highest BCUT2D eigenvalue weighted by molar-refractivity contribution is 5.70. The first-order chi connectivity index (χ1) is 9.41. The third-order valence-corrected chi connectivity index (χ3v) is 3.37. The Bertz CT molecular complexity index is 677. The minimum absolute atomic E-state index is 0.113. The Hall–Kier alpha value is -2.14. The summed E-state index contributed by atoms with van der Waals surface area (Å²) in [5.41, 5.74) is 7.33. The lowest BCUT2D eigenvalue weighted by atomic mass is 10.0. The molecule has 2 rings (SSSR count). The van der Waals surface area contributed by atoms with Gasteiger partial charge in [0.15, 0.2) is 0 Å². The van der Waals surface area contributed by atoms with Crippen molar-refractivity contribution in [1.29, 1.82) is 0 Å². The molecule has 0 bridgehead atoms. The first kappa shape index (κ1) is 14.3. The van der Waals surface area contributed by atoms with Gasteiger partial charge in [-0.25, -0.2) is 0 Å². The number of benzene rings is 1. The minimum atomic E-state index is -0.417. The molecule has 20 heavy (non-hydrogen) atoms. The summed E-state index contributed by atoms with van der Waals surface area (Å²) >= 11 is 0. The van der Waals surface area contributed by atoms with Gasteiger partial charge in [0.1, 0.15) is 11.4 Å². The molecular weight excluding hydrogens is 254 g/mol. The highest BCUT2D eigenvalue weighted by atomic mass is 16.3. The maximum absolute atomic E-state index is 12.2. The largest absolute Gasteiger partial charge is 0.493 e. The quantitative estimate of drug-likeness (QED) is 0.798. The first-order valence-electron chi connectivity index (χ1n) is 6.56. The maximum atomic E-state index is 12.2. The average Bonchev–Trinajstić information content (AvgIpc) is 2.39. The van der Waals surface area contributed by atoms with Crippen molar-refractivity contribution >= 4 is 0 Å². The van der Waals surface area contributed by atoms with Gasteiger partial charge in [0.25, 0.3) is 5.56 Å². The first-order valence-corrected chi connectivity index (χ1v) is 6.56. The number of nitrogens with zero attached hydrogens (tertiary/aromatic N) is 1. The average molecular weight is 273 g/mol. The van der Waals surface area contributed by atoms with Gasteiger partial charge in [0.2, 0.25) is 5.88 Å². The predicted octanol–water partition coefficient (Wildman–Crippen LogP) is 2.11. The van der Waals surface area contributed by atoms with E-state index in [0.717, 1.165) is 5.56 Å². The second-order valence-electron chi connectivity index (χ2n) is 5.23. The van der Waals surface area contributed by atoms with Gasteiger partial charge in [0, 0.05) is 0 Å². The molecule has 106 valence electrons. The Morgan fingerprint density at radius 3 is 2.50 bits per heavy atom. The molecule has 1 heterocycles. The summed E-state index contributed by atoms with van der Waals surface area (Å²) in [5, 5.41) is 10.1. The molecule has 1 atom stereocenters. The van der Waals surface area contributed by atoms with E-state index in [2.05, 4.69) is 9.97 Å². The van der Waals surface area contributed by atoms with Crippen LogP contribution in [-0.2, 0) is 0 Å². The van der Waals surface area contributed by atoms with Crippen molar-refractivity contribution in [3.05, 3.63) is 46.0 Å². The molecule has 0 saturated carbocycles. The van der Waals surface area contributed by atoms with E-state index in [9.17, 15) is 9.90 Å². The third-order valence-electron chi connectivity index (χ3n) is 3.37. The molecule has 4 N–H and O–H groups in total. The SMILES string of the molecule is Cc1ccccc1-c1c(O)nc(C(N)C(C)C)[nH]c1=O. The molecule has 0 aliphatic carbocycles.